The molecule has 0 radical (unpaired) electrons. The van der Waals surface area contributed by atoms with E-state index in [4.69, 9.17) is 23.7 Å². The van der Waals surface area contributed by atoms with Crippen molar-refractivity contribution in [2.45, 2.75) is 139 Å². The summed E-state index contributed by atoms with van der Waals surface area (Å²) in [6.45, 7) is 7.16. The fraction of sp³-hybridized carbons (Fsp3) is 0.591. The summed E-state index contributed by atoms with van der Waals surface area (Å²) < 4.78 is 30.2. The Kier molecular flexibility index (Phi) is 10.7. The second-order valence-electron chi connectivity index (χ2n) is 16.9. The largest absolute Gasteiger partial charge is 0.458 e. The van der Waals surface area contributed by atoms with Crippen LogP contribution in [0.2, 0.25) is 0 Å². The average molecular weight is 761 g/mol. The zero-order chi connectivity index (χ0) is 39.4. The standard InChI is InChI=1S/C44H56O11/c1-27-38(46)33(51-5)25-37(52-27)54-32-19-20-40(3)31(24-32)18-21-43(49)34(40)26-35(55-39(47)30-14-10-7-11-15-30)41(4)42(48,22-23-44(41,43)50)28(2)53-36(45)17-16-29-12-8-6-9-13-29/h6-18,27-28,32-35,37-38,46,48-50H,19-26H2,1-5H3/b17-16+/t27-,28?,32+,33+,34-,35?,37+,38-,40+,41-,42-,43+,44-/m1/s1. The lowest BCUT2D eigenvalue weighted by Gasteiger charge is -2.67. The molecule has 0 bridgehead atoms. The maximum Gasteiger partial charge on any atom is 0.338 e. The quantitative estimate of drug-likeness (QED) is 0.150. The van der Waals surface area contributed by atoms with E-state index in [-0.39, 0.29) is 31.8 Å². The third kappa shape index (κ3) is 6.49. The fourth-order valence-electron chi connectivity index (χ4n) is 10.9. The lowest BCUT2D eigenvalue weighted by Crippen LogP contribution is -2.78. The average Bonchev–Trinajstić information content (AvgIpc) is 3.41. The second kappa shape index (κ2) is 14.8. The van der Waals surface area contributed by atoms with E-state index in [0.717, 1.165) is 11.1 Å². The number of methoxy groups -OCH3 is 1. The van der Waals surface area contributed by atoms with Crippen LogP contribution < -0.4 is 0 Å². The van der Waals surface area contributed by atoms with Gasteiger partial charge in [0.1, 0.15) is 35.1 Å². The predicted octanol–water partition coefficient (Wildman–Crippen LogP) is 5.29. The summed E-state index contributed by atoms with van der Waals surface area (Å²) in [5.41, 5.74) is -5.59. The molecule has 13 atom stereocenters. The SMILES string of the molecule is CO[C@H]1C[C@H](O[C@H]2CC[C@@]3(C)C(=CC[C@]4(O)[C@@H]3CC(OC(=O)c3ccccc3)[C@@]3(C)[C@]4(O)CC[C@@]3(O)C(C)OC(=O)/C=C/c3ccccc3)C2)O[C@H](C)[C@H]1O. The molecule has 55 heavy (non-hydrogen) atoms. The van der Waals surface area contributed by atoms with Crippen molar-refractivity contribution >= 4 is 18.0 Å². The number of fused-ring (bicyclic) bond motifs is 5. The van der Waals surface area contributed by atoms with Crippen LogP contribution in [0.5, 0.6) is 0 Å². The van der Waals surface area contributed by atoms with Crippen LogP contribution >= 0.6 is 0 Å². The Hall–Kier alpha value is -3.42. The van der Waals surface area contributed by atoms with E-state index in [9.17, 15) is 30.0 Å². The third-order valence-electron chi connectivity index (χ3n) is 14.3. The molecule has 7 rings (SSSR count). The summed E-state index contributed by atoms with van der Waals surface area (Å²) >= 11 is 0. The molecular formula is C44H56O11. The van der Waals surface area contributed by atoms with Gasteiger partial charge in [-0.3, -0.25) is 0 Å². The number of aliphatic hydroxyl groups excluding tert-OH is 1. The van der Waals surface area contributed by atoms with Crippen LogP contribution in [-0.4, -0.2) is 99.2 Å². The molecule has 2 aromatic carbocycles. The topological polar surface area (TPSA) is 161 Å². The predicted molar refractivity (Wildman–Crippen MR) is 202 cm³/mol. The normalized spacial score (nSPS) is 41.7. The highest BCUT2D eigenvalue weighted by atomic mass is 16.7. The Morgan fingerprint density at radius 3 is 2.35 bits per heavy atom. The fourth-order valence-corrected chi connectivity index (χ4v) is 10.9. The molecular weight excluding hydrogens is 704 g/mol. The van der Waals surface area contributed by atoms with Crippen LogP contribution in [0.3, 0.4) is 0 Å². The van der Waals surface area contributed by atoms with Crippen molar-refractivity contribution in [1.29, 1.82) is 0 Å². The van der Waals surface area contributed by atoms with Gasteiger partial charge >= 0.3 is 11.9 Å². The van der Waals surface area contributed by atoms with Crippen molar-refractivity contribution in [2.75, 3.05) is 7.11 Å². The van der Waals surface area contributed by atoms with Gasteiger partial charge in [0.05, 0.1) is 29.3 Å². The van der Waals surface area contributed by atoms with Crippen LogP contribution in [0.4, 0.5) is 0 Å². The van der Waals surface area contributed by atoms with Gasteiger partial charge in [0.15, 0.2) is 6.29 Å². The van der Waals surface area contributed by atoms with Gasteiger partial charge in [0.2, 0.25) is 0 Å². The maximum absolute atomic E-state index is 13.8. The van der Waals surface area contributed by atoms with Gasteiger partial charge in [-0.05, 0) is 88.0 Å². The molecule has 11 nitrogen and oxygen atoms in total. The number of ether oxygens (including phenoxy) is 5. The molecule has 0 spiro atoms. The first-order chi connectivity index (χ1) is 26.1. The molecule has 1 saturated heterocycles. The van der Waals surface area contributed by atoms with Crippen LogP contribution in [0.15, 0.2) is 78.4 Å². The van der Waals surface area contributed by atoms with E-state index < -0.39 is 82.3 Å². The number of carbonyl (C=O) groups is 2. The smallest absolute Gasteiger partial charge is 0.338 e. The molecule has 1 aliphatic heterocycles. The first-order valence-electron chi connectivity index (χ1n) is 19.7. The van der Waals surface area contributed by atoms with Crippen LogP contribution in [0.25, 0.3) is 6.08 Å². The van der Waals surface area contributed by atoms with Gasteiger partial charge in [-0.15, -0.1) is 0 Å². The van der Waals surface area contributed by atoms with Crippen molar-refractivity contribution in [3.05, 3.63) is 89.5 Å². The molecule has 0 amide bonds. The maximum atomic E-state index is 13.8. The molecule has 4 fully saturated rings. The lowest BCUT2D eigenvalue weighted by atomic mass is 9.42. The monoisotopic (exact) mass is 760 g/mol. The molecule has 2 unspecified atom stereocenters. The lowest BCUT2D eigenvalue weighted by molar-refractivity contribution is -0.325. The highest BCUT2D eigenvalue weighted by molar-refractivity contribution is 5.89. The Labute approximate surface area is 323 Å². The summed E-state index contributed by atoms with van der Waals surface area (Å²) in [5, 5.41) is 49.5. The minimum absolute atomic E-state index is 0.00849. The Balaban J connectivity index is 1.19. The highest BCUT2D eigenvalue weighted by Gasteiger charge is 2.81. The Morgan fingerprint density at radius 1 is 0.964 bits per heavy atom. The van der Waals surface area contributed by atoms with E-state index in [2.05, 4.69) is 6.92 Å². The summed E-state index contributed by atoms with van der Waals surface area (Å²) in [6, 6.07) is 17.9. The van der Waals surface area contributed by atoms with Crippen LogP contribution in [-0.2, 0) is 28.5 Å². The van der Waals surface area contributed by atoms with Gasteiger partial charge in [-0.2, -0.15) is 0 Å². The zero-order valence-electron chi connectivity index (χ0n) is 32.4. The molecule has 0 aromatic heterocycles. The van der Waals surface area contributed by atoms with Crippen molar-refractivity contribution in [2.24, 2.45) is 16.7 Å². The van der Waals surface area contributed by atoms with Gasteiger partial charge in [0, 0.05) is 25.5 Å². The van der Waals surface area contributed by atoms with Gasteiger partial charge in [0.25, 0.3) is 0 Å². The number of benzene rings is 2. The molecule has 5 aliphatic rings. The van der Waals surface area contributed by atoms with Gasteiger partial charge in [-0.25, -0.2) is 9.59 Å². The minimum Gasteiger partial charge on any atom is -0.458 e. The second-order valence-corrected chi connectivity index (χ2v) is 16.9. The van der Waals surface area contributed by atoms with Gasteiger partial charge < -0.3 is 44.1 Å². The van der Waals surface area contributed by atoms with Crippen LogP contribution in [0.1, 0.15) is 95.0 Å². The minimum atomic E-state index is -1.94. The third-order valence-corrected chi connectivity index (χ3v) is 14.3. The molecule has 298 valence electrons. The van der Waals surface area contributed by atoms with E-state index in [1.54, 1.807) is 64.3 Å². The van der Waals surface area contributed by atoms with E-state index in [0.29, 0.717) is 31.2 Å². The summed E-state index contributed by atoms with van der Waals surface area (Å²) in [7, 11) is 1.57. The molecule has 1 heterocycles. The van der Waals surface area contributed by atoms with Crippen LogP contribution in [0, 0.1) is 16.7 Å². The Bertz CT molecular complexity index is 1780. The summed E-state index contributed by atoms with van der Waals surface area (Å²) in [4.78, 5) is 27.0. The summed E-state index contributed by atoms with van der Waals surface area (Å²) in [5.74, 6) is -1.84. The first kappa shape index (κ1) is 39.8. The van der Waals surface area contributed by atoms with E-state index in [1.165, 1.54) is 6.08 Å². The van der Waals surface area contributed by atoms with E-state index in [1.807, 2.05) is 36.4 Å². The number of carbonyl (C=O) groups excluding carboxylic acids is 2. The number of aliphatic hydroxyl groups is 4. The summed E-state index contributed by atoms with van der Waals surface area (Å²) in [6.07, 6.45) is 2.90. The number of esters is 2. The molecule has 11 heteroatoms. The molecule has 2 aromatic rings. The molecule has 4 aliphatic carbocycles. The van der Waals surface area contributed by atoms with E-state index >= 15 is 0 Å². The molecule has 4 N–H and O–H groups in total. The molecule has 3 saturated carbocycles. The first-order valence-corrected chi connectivity index (χ1v) is 19.7. The van der Waals surface area contributed by atoms with Crippen molar-refractivity contribution in [1.82, 2.24) is 0 Å². The van der Waals surface area contributed by atoms with Gasteiger partial charge in [-0.1, -0.05) is 74.0 Å². The number of rotatable bonds is 9. The van der Waals surface area contributed by atoms with Crippen molar-refractivity contribution in [3.8, 4) is 0 Å². The van der Waals surface area contributed by atoms with Crippen molar-refractivity contribution in [3.63, 3.8) is 0 Å². The highest BCUT2D eigenvalue weighted by Crippen LogP contribution is 2.71. The van der Waals surface area contributed by atoms with Crippen molar-refractivity contribution < 1.29 is 53.7 Å². The number of hydrogen-bond acceptors (Lipinski definition) is 11. The zero-order valence-corrected chi connectivity index (χ0v) is 32.4. The number of hydrogen-bond donors (Lipinski definition) is 4. The Morgan fingerprint density at radius 2 is 1.65 bits per heavy atom.